The highest BCUT2D eigenvalue weighted by molar-refractivity contribution is 5.31. The fourth-order valence-electron chi connectivity index (χ4n) is 5.13. The molecule has 4 nitrogen and oxygen atoms in total. The van der Waals surface area contributed by atoms with Gasteiger partial charge in [-0.15, -0.1) is 0 Å². The Labute approximate surface area is 172 Å². The van der Waals surface area contributed by atoms with Crippen LogP contribution in [0.1, 0.15) is 60.5 Å². The highest BCUT2D eigenvalue weighted by Gasteiger charge is 2.35. The molecule has 160 valence electrons. The van der Waals surface area contributed by atoms with Gasteiger partial charge in [0.2, 0.25) is 0 Å². The summed E-state index contributed by atoms with van der Waals surface area (Å²) < 4.78 is 12.5. The molecule has 1 aliphatic rings. The summed E-state index contributed by atoms with van der Waals surface area (Å²) in [4.78, 5) is 0. The van der Waals surface area contributed by atoms with Crippen LogP contribution >= 0.6 is 0 Å². The fraction of sp³-hybridized carbons (Fsp3) is 0.750. The van der Waals surface area contributed by atoms with Crippen molar-refractivity contribution in [3.8, 4) is 5.75 Å². The van der Waals surface area contributed by atoms with Crippen LogP contribution in [0.3, 0.4) is 0 Å². The Hall–Kier alpha value is -1.10. The van der Waals surface area contributed by atoms with Crippen LogP contribution in [-0.2, 0) is 10.2 Å². The molecule has 4 heteroatoms. The zero-order valence-electron chi connectivity index (χ0n) is 19.3. The van der Waals surface area contributed by atoms with Crippen molar-refractivity contribution < 1.29 is 19.1 Å². The Morgan fingerprint density at radius 2 is 1.61 bits per heavy atom. The van der Waals surface area contributed by atoms with Crippen molar-refractivity contribution in [3.63, 3.8) is 0 Å². The van der Waals surface area contributed by atoms with Crippen LogP contribution < -0.4 is 4.74 Å². The van der Waals surface area contributed by atoms with Gasteiger partial charge in [0.15, 0.2) is 0 Å². The summed E-state index contributed by atoms with van der Waals surface area (Å²) >= 11 is 0. The summed E-state index contributed by atoms with van der Waals surface area (Å²) in [5.41, 5.74) is 1.74. The second-order valence-electron chi connectivity index (χ2n) is 11.0. The quantitative estimate of drug-likeness (QED) is 0.699. The van der Waals surface area contributed by atoms with Gasteiger partial charge >= 0.3 is 0 Å². The second-order valence-corrected chi connectivity index (χ2v) is 11.0. The van der Waals surface area contributed by atoms with E-state index in [4.69, 9.17) is 9.47 Å². The molecule has 1 heterocycles. The number of morpholine rings is 1. The lowest BCUT2D eigenvalue weighted by molar-refractivity contribution is -0.926. The number of aliphatic hydroxyl groups excluding tert-OH is 1. The lowest BCUT2D eigenvalue weighted by Gasteiger charge is -2.43. The van der Waals surface area contributed by atoms with Crippen LogP contribution in [0.4, 0.5) is 0 Å². The smallest absolute Gasteiger partial charge is 0.137 e. The molecule has 1 aromatic carbocycles. The maximum Gasteiger partial charge on any atom is 0.137 e. The number of benzene rings is 1. The van der Waals surface area contributed by atoms with Gasteiger partial charge < -0.3 is 19.1 Å². The molecular formula is C24H42NO3+. The van der Waals surface area contributed by atoms with Crippen molar-refractivity contribution in [2.75, 3.05) is 33.3 Å². The van der Waals surface area contributed by atoms with E-state index in [-0.39, 0.29) is 23.0 Å². The first-order valence-corrected chi connectivity index (χ1v) is 10.7. The van der Waals surface area contributed by atoms with Crippen LogP contribution in [0.2, 0.25) is 0 Å². The molecule has 1 N–H and O–H groups in total. The molecule has 0 amide bonds. The van der Waals surface area contributed by atoms with Crippen molar-refractivity contribution in [2.24, 2.45) is 5.41 Å². The number of quaternary nitrogens is 1. The van der Waals surface area contributed by atoms with E-state index in [2.05, 4.69) is 67.6 Å². The van der Waals surface area contributed by atoms with E-state index in [0.29, 0.717) is 13.2 Å². The first-order chi connectivity index (χ1) is 12.8. The number of hydrogen-bond acceptors (Lipinski definition) is 3. The number of aliphatic hydroxyl groups is 1. The minimum atomic E-state index is -0.487. The molecule has 1 aromatic rings. The maximum absolute atomic E-state index is 10.5. The summed E-state index contributed by atoms with van der Waals surface area (Å²) in [7, 11) is 2.20. The molecule has 2 rings (SSSR count). The normalized spacial score (nSPS) is 27.5. The lowest BCUT2D eigenvalue weighted by atomic mass is 9.72. The maximum atomic E-state index is 10.5. The third-order valence-electron chi connectivity index (χ3n) is 5.56. The van der Waals surface area contributed by atoms with Crippen molar-refractivity contribution in [1.29, 1.82) is 0 Å². The summed E-state index contributed by atoms with van der Waals surface area (Å²) in [6.07, 6.45) is 1.09. The molecule has 28 heavy (non-hydrogen) atoms. The Bertz CT molecular complexity index is 608. The van der Waals surface area contributed by atoms with E-state index in [9.17, 15) is 5.11 Å². The molecule has 0 bridgehead atoms. The second kappa shape index (κ2) is 8.73. The van der Waals surface area contributed by atoms with Gasteiger partial charge in [-0.05, 0) is 48.8 Å². The fourth-order valence-corrected chi connectivity index (χ4v) is 5.13. The van der Waals surface area contributed by atoms with E-state index >= 15 is 0 Å². The molecule has 1 aliphatic heterocycles. The number of hydrogen-bond donors (Lipinski definition) is 1. The van der Waals surface area contributed by atoms with Gasteiger partial charge in [-0.25, -0.2) is 0 Å². The predicted octanol–water partition coefficient (Wildman–Crippen LogP) is 4.39. The zero-order valence-corrected chi connectivity index (χ0v) is 19.3. The van der Waals surface area contributed by atoms with E-state index in [1.807, 2.05) is 12.1 Å². The van der Waals surface area contributed by atoms with Crippen LogP contribution in [0.5, 0.6) is 5.75 Å². The van der Waals surface area contributed by atoms with Gasteiger partial charge in [-0.3, -0.25) is 0 Å². The molecular weight excluding hydrogens is 350 g/mol. The molecule has 0 spiro atoms. The van der Waals surface area contributed by atoms with E-state index < -0.39 is 6.10 Å². The topological polar surface area (TPSA) is 38.7 Å². The molecule has 0 radical (unpaired) electrons. The van der Waals surface area contributed by atoms with E-state index in [1.54, 1.807) is 0 Å². The Balaban J connectivity index is 1.89. The summed E-state index contributed by atoms with van der Waals surface area (Å²) in [6.45, 7) is 18.5. The minimum Gasteiger partial charge on any atom is -0.491 e. The summed E-state index contributed by atoms with van der Waals surface area (Å²) in [5, 5.41) is 10.5. The standard InChI is InChI=1S/C24H42NO3/c1-18-13-25(8,14-19(2)28-18)15-21(26)16-27-22-11-9-20(10-12-22)24(6,7)17-23(3,4)5/h9-12,18-19,21,26H,13-17H2,1-8H3/q+1/t18-,19-,21+/m1/s1. The predicted molar refractivity (Wildman–Crippen MR) is 116 cm³/mol. The molecule has 1 saturated heterocycles. The van der Waals surface area contributed by atoms with Crippen LogP contribution in [0, 0.1) is 5.41 Å². The number of nitrogens with zero attached hydrogens (tertiary/aromatic N) is 1. The number of rotatable bonds is 7. The van der Waals surface area contributed by atoms with Gasteiger partial charge in [0.05, 0.1) is 7.05 Å². The van der Waals surface area contributed by atoms with E-state index in [0.717, 1.165) is 29.7 Å². The third kappa shape index (κ3) is 7.06. The van der Waals surface area contributed by atoms with Crippen LogP contribution in [0.25, 0.3) is 0 Å². The molecule has 3 atom stereocenters. The van der Waals surface area contributed by atoms with Crippen molar-refractivity contribution in [3.05, 3.63) is 29.8 Å². The average Bonchev–Trinajstić information content (AvgIpc) is 2.49. The minimum absolute atomic E-state index is 0.124. The molecule has 0 unspecified atom stereocenters. The lowest BCUT2D eigenvalue weighted by Crippen LogP contribution is -2.60. The summed E-state index contributed by atoms with van der Waals surface area (Å²) in [5.74, 6) is 0.820. The third-order valence-corrected chi connectivity index (χ3v) is 5.56. The highest BCUT2D eigenvalue weighted by atomic mass is 16.5. The van der Waals surface area contributed by atoms with Gasteiger partial charge in [-0.1, -0.05) is 46.8 Å². The average molecular weight is 393 g/mol. The Morgan fingerprint density at radius 1 is 1.07 bits per heavy atom. The first kappa shape index (κ1) is 23.2. The van der Waals surface area contributed by atoms with Gasteiger partial charge in [-0.2, -0.15) is 0 Å². The monoisotopic (exact) mass is 392 g/mol. The van der Waals surface area contributed by atoms with Crippen molar-refractivity contribution >= 4 is 0 Å². The highest BCUT2D eigenvalue weighted by Crippen LogP contribution is 2.36. The zero-order chi connectivity index (χ0) is 21.2. The summed E-state index contributed by atoms with van der Waals surface area (Å²) in [6, 6.07) is 8.38. The van der Waals surface area contributed by atoms with Crippen molar-refractivity contribution in [1.82, 2.24) is 0 Å². The number of ether oxygens (including phenoxy) is 2. The van der Waals surface area contributed by atoms with Crippen LogP contribution in [-0.4, -0.2) is 61.2 Å². The Morgan fingerprint density at radius 3 is 2.11 bits per heavy atom. The van der Waals surface area contributed by atoms with E-state index in [1.165, 1.54) is 5.56 Å². The van der Waals surface area contributed by atoms with Crippen LogP contribution in [0.15, 0.2) is 24.3 Å². The van der Waals surface area contributed by atoms with Gasteiger partial charge in [0.25, 0.3) is 0 Å². The molecule has 1 fully saturated rings. The first-order valence-electron chi connectivity index (χ1n) is 10.7. The molecule has 0 aromatic heterocycles. The molecule has 0 aliphatic carbocycles. The van der Waals surface area contributed by atoms with Gasteiger partial charge in [0.1, 0.15) is 50.3 Å². The van der Waals surface area contributed by atoms with Crippen molar-refractivity contribution in [2.45, 2.75) is 78.6 Å². The largest absolute Gasteiger partial charge is 0.491 e. The Kier molecular flexibility index (Phi) is 7.22. The SMILES string of the molecule is C[C@@H]1C[N+](C)(C[C@H](O)COc2ccc(C(C)(C)CC(C)(C)C)cc2)C[C@@H](C)O1. The number of likely N-dealkylation sites (N-methyl/N-ethyl adjacent to an activating group) is 1. The molecule has 0 saturated carbocycles. The van der Waals surface area contributed by atoms with Gasteiger partial charge in [0, 0.05) is 0 Å².